The predicted molar refractivity (Wildman–Crippen MR) is 130 cm³/mol. The van der Waals surface area contributed by atoms with Crippen molar-refractivity contribution >= 4 is 11.6 Å². The third-order valence-electron chi connectivity index (χ3n) is 6.28. The van der Waals surface area contributed by atoms with Crippen LogP contribution >= 0.6 is 11.6 Å². The Bertz CT molecular complexity index is 850. The molecule has 3 rings (SSSR count). The summed E-state index contributed by atoms with van der Waals surface area (Å²) >= 11 is 6.52. The summed E-state index contributed by atoms with van der Waals surface area (Å²) in [6.45, 7) is 15.9. The molecule has 0 aliphatic heterocycles. The van der Waals surface area contributed by atoms with Crippen LogP contribution in [0.2, 0.25) is 0 Å². The molecule has 0 bridgehead atoms. The van der Waals surface area contributed by atoms with Crippen LogP contribution < -0.4 is 0 Å². The molecule has 0 fully saturated rings. The van der Waals surface area contributed by atoms with Gasteiger partial charge in [-0.1, -0.05) is 102 Å². The fourth-order valence-electron chi connectivity index (χ4n) is 4.46. The van der Waals surface area contributed by atoms with Crippen LogP contribution in [-0.4, -0.2) is 6.10 Å². The van der Waals surface area contributed by atoms with Crippen LogP contribution in [0.5, 0.6) is 0 Å². The largest absolute Gasteiger partial charge is 0.364 e. The van der Waals surface area contributed by atoms with Gasteiger partial charge in [-0.2, -0.15) is 0 Å². The summed E-state index contributed by atoms with van der Waals surface area (Å²) in [5.41, 5.74) is 6.94. The van der Waals surface area contributed by atoms with Crippen molar-refractivity contribution in [2.24, 2.45) is 5.92 Å². The summed E-state index contributed by atoms with van der Waals surface area (Å²) in [5, 5.41) is 0.846. The third kappa shape index (κ3) is 5.01. The van der Waals surface area contributed by atoms with E-state index in [9.17, 15) is 0 Å². The van der Waals surface area contributed by atoms with Crippen LogP contribution in [0.15, 0.2) is 53.6 Å². The summed E-state index contributed by atoms with van der Waals surface area (Å²) in [5.74, 6) is 1.76. The van der Waals surface area contributed by atoms with Gasteiger partial charge in [0, 0.05) is 11.0 Å². The second kappa shape index (κ2) is 9.71. The zero-order valence-corrected chi connectivity index (χ0v) is 20.3. The Morgan fingerprint density at radius 3 is 1.87 bits per heavy atom. The molecule has 2 aromatic carbocycles. The van der Waals surface area contributed by atoms with Gasteiger partial charge in [0.25, 0.3) is 0 Å². The first kappa shape index (κ1) is 23.1. The number of ether oxygens (including phenoxy) is 1. The number of rotatable bonds is 8. The Morgan fingerprint density at radius 2 is 1.40 bits per heavy atom. The number of halogens is 1. The van der Waals surface area contributed by atoms with Gasteiger partial charge >= 0.3 is 0 Å². The first-order valence-electron chi connectivity index (χ1n) is 11.4. The molecule has 0 spiro atoms. The molecular weight excluding hydrogens is 388 g/mol. The van der Waals surface area contributed by atoms with E-state index in [2.05, 4.69) is 97.0 Å². The van der Waals surface area contributed by atoms with Gasteiger partial charge in [-0.05, 0) is 58.9 Å². The zero-order valence-electron chi connectivity index (χ0n) is 19.6. The van der Waals surface area contributed by atoms with Gasteiger partial charge in [0.1, 0.15) is 6.10 Å². The molecule has 0 heterocycles. The average molecular weight is 425 g/mol. The Balaban J connectivity index is 1.88. The summed E-state index contributed by atoms with van der Waals surface area (Å²) in [7, 11) is 0. The molecular formula is C28H37ClO. The Kier molecular flexibility index (Phi) is 7.47. The van der Waals surface area contributed by atoms with E-state index in [-0.39, 0.29) is 12.2 Å². The van der Waals surface area contributed by atoms with Crippen molar-refractivity contribution in [2.75, 3.05) is 0 Å². The van der Waals surface area contributed by atoms with Crippen molar-refractivity contribution in [3.05, 3.63) is 81.4 Å². The van der Waals surface area contributed by atoms with Crippen LogP contribution in [-0.2, 0) is 11.2 Å². The fraction of sp³-hybridized carbons (Fsp3) is 0.500. The van der Waals surface area contributed by atoms with E-state index in [0.29, 0.717) is 23.7 Å². The summed E-state index contributed by atoms with van der Waals surface area (Å²) in [6, 6.07) is 15.4. The molecule has 1 aliphatic rings. The Hall–Kier alpha value is -1.57. The lowest BCUT2D eigenvalue weighted by atomic mass is 9.82. The zero-order chi connectivity index (χ0) is 22.0. The van der Waals surface area contributed by atoms with Crippen molar-refractivity contribution in [3.63, 3.8) is 0 Å². The first-order valence-corrected chi connectivity index (χ1v) is 11.8. The molecule has 0 radical (unpaired) electrons. The summed E-state index contributed by atoms with van der Waals surface area (Å²) in [4.78, 5) is 0. The highest BCUT2D eigenvalue weighted by Crippen LogP contribution is 2.42. The maximum Gasteiger partial charge on any atom is 0.100 e. The van der Waals surface area contributed by atoms with E-state index in [1.165, 1.54) is 27.8 Å². The maximum atomic E-state index is 6.65. The van der Waals surface area contributed by atoms with Crippen molar-refractivity contribution in [3.8, 4) is 0 Å². The molecule has 1 aliphatic carbocycles. The topological polar surface area (TPSA) is 9.23 Å². The molecule has 2 heteroatoms. The highest BCUT2D eigenvalue weighted by molar-refractivity contribution is 6.31. The molecule has 0 aromatic heterocycles. The lowest BCUT2D eigenvalue weighted by Crippen LogP contribution is -2.34. The standard InChI is InChI=1S/C28H37ClO/c1-17(2)22-14-24(18(3)4)27(25(15-22)19(5)6)20(7)30-28-23(16-26(28)29)13-21-11-9-8-10-12-21/h8-12,14-20,23,28H,13H2,1-7H3/t20-,23-,28-/m0/s1. The molecule has 0 unspecified atom stereocenters. The molecule has 0 N–H and O–H groups in total. The third-order valence-corrected chi connectivity index (χ3v) is 6.62. The normalized spacial score (nSPS) is 19.9. The molecule has 30 heavy (non-hydrogen) atoms. The van der Waals surface area contributed by atoms with Crippen LogP contribution in [0.3, 0.4) is 0 Å². The monoisotopic (exact) mass is 424 g/mol. The molecule has 3 atom stereocenters. The minimum atomic E-state index is -0.0216. The second-order valence-electron chi connectivity index (χ2n) is 9.68. The van der Waals surface area contributed by atoms with Gasteiger partial charge in [-0.25, -0.2) is 0 Å². The smallest absolute Gasteiger partial charge is 0.100 e. The average Bonchev–Trinajstić information content (AvgIpc) is 2.71. The minimum absolute atomic E-state index is 0.00624. The Labute approximate surface area is 188 Å². The van der Waals surface area contributed by atoms with Crippen LogP contribution in [0.4, 0.5) is 0 Å². The quantitative estimate of drug-likeness (QED) is 0.412. The predicted octanol–water partition coefficient (Wildman–Crippen LogP) is 8.50. The summed E-state index contributed by atoms with van der Waals surface area (Å²) < 4.78 is 6.65. The van der Waals surface area contributed by atoms with E-state index in [0.717, 1.165) is 11.5 Å². The van der Waals surface area contributed by atoms with Gasteiger partial charge in [0.2, 0.25) is 0 Å². The summed E-state index contributed by atoms with van der Waals surface area (Å²) in [6.07, 6.45) is 3.11. The van der Waals surface area contributed by atoms with Crippen molar-refractivity contribution in [1.82, 2.24) is 0 Å². The van der Waals surface area contributed by atoms with Gasteiger partial charge in [-0.15, -0.1) is 0 Å². The van der Waals surface area contributed by atoms with Gasteiger partial charge in [-0.3, -0.25) is 0 Å². The van der Waals surface area contributed by atoms with Crippen molar-refractivity contribution in [2.45, 2.75) is 84.8 Å². The van der Waals surface area contributed by atoms with Crippen LogP contribution in [0.1, 0.15) is 100 Å². The SMILES string of the molecule is CC(C)c1cc(C(C)C)c([C@H](C)O[C@@H]2C(Cl)=C[C@@H]2Cc2ccccc2)c(C(C)C)c1. The Morgan fingerprint density at radius 1 is 0.833 bits per heavy atom. The van der Waals surface area contributed by atoms with E-state index in [1.807, 2.05) is 0 Å². The molecule has 0 saturated heterocycles. The highest BCUT2D eigenvalue weighted by Gasteiger charge is 2.35. The molecule has 2 aromatic rings. The van der Waals surface area contributed by atoms with E-state index < -0.39 is 0 Å². The highest BCUT2D eigenvalue weighted by atomic mass is 35.5. The van der Waals surface area contributed by atoms with E-state index >= 15 is 0 Å². The van der Waals surface area contributed by atoms with Gasteiger partial charge < -0.3 is 4.74 Å². The van der Waals surface area contributed by atoms with Crippen LogP contribution in [0, 0.1) is 5.92 Å². The molecule has 162 valence electrons. The first-order chi connectivity index (χ1) is 14.2. The van der Waals surface area contributed by atoms with E-state index in [4.69, 9.17) is 16.3 Å². The van der Waals surface area contributed by atoms with E-state index in [1.54, 1.807) is 0 Å². The second-order valence-corrected chi connectivity index (χ2v) is 10.1. The number of hydrogen-bond donors (Lipinski definition) is 0. The van der Waals surface area contributed by atoms with Gasteiger partial charge in [0.15, 0.2) is 0 Å². The van der Waals surface area contributed by atoms with Crippen LogP contribution in [0.25, 0.3) is 0 Å². The maximum absolute atomic E-state index is 6.65. The molecule has 0 amide bonds. The number of benzene rings is 2. The lowest BCUT2D eigenvalue weighted by Gasteiger charge is -2.36. The fourth-order valence-corrected chi connectivity index (χ4v) is 4.83. The van der Waals surface area contributed by atoms with Crippen molar-refractivity contribution in [1.29, 1.82) is 0 Å². The molecule has 0 saturated carbocycles. The van der Waals surface area contributed by atoms with Crippen molar-refractivity contribution < 1.29 is 4.74 Å². The molecule has 1 nitrogen and oxygen atoms in total. The lowest BCUT2D eigenvalue weighted by molar-refractivity contribution is -0.0140. The van der Waals surface area contributed by atoms with Gasteiger partial charge in [0.05, 0.1) is 6.10 Å². The number of hydrogen-bond acceptors (Lipinski definition) is 1. The minimum Gasteiger partial charge on any atom is -0.364 e.